The second-order valence-corrected chi connectivity index (χ2v) is 10.4. The highest BCUT2D eigenvalue weighted by atomic mass is 16.5. The molecule has 0 bridgehead atoms. The topological polar surface area (TPSA) is 168 Å². The van der Waals surface area contributed by atoms with Crippen LogP contribution in [0.2, 0.25) is 0 Å². The monoisotopic (exact) mass is 587 g/mol. The van der Waals surface area contributed by atoms with Crippen LogP contribution >= 0.6 is 0 Å². The van der Waals surface area contributed by atoms with E-state index in [4.69, 9.17) is 30.2 Å². The molecule has 1 aromatic heterocycles. The van der Waals surface area contributed by atoms with Gasteiger partial charge in [0.2, 0.25) is 17.8 Å². The van der Waals surface area contributed by atoms with Gasteiger partial charge in [0.1, 0.15) is 6.04 Å². The van der Waals surface area contributed by atoms with Crippen molar-refractivity contribution < 1.29 is 23.9 Å². The van der Waals surface area contributed by atoms with Gasteiger partial charge in [-0.2, -0.15) is 15.0 Å². The summed E-state index contributed by atoms with van der Waals surface area (Å²) >= 11 is 0. The molecular weight excluding hydrogens is 554 g/mol. The Balaban J connectivity index is 1.11. The number of likely N-dealkylation sites (tertiary alicyclic amines) is 1. The van der Waals surface area contributed by atoms with Gasteiger partial charge in [0.15, 0.2) is 5.82 Å². The van der Waals surface area contributed by atoms with Crippen molar-refractivity contribution in [1.82, 2.24) is 19.9 Å². The van der Waals surface area contributed by atoms with Crippen molar-refractivity contribution in [3.8, 4) is 11.4 Å². The van der Waals surface area contributed by atoms with Crippen molar-refractivity contribution in [3.05, 3.63) is 54.1 Å². The maximum atomic E-state index is 12.7. The minimum Gasteiger partial charge on any atom is -0.378 e. The Bertz CT molecular complexity index is 1440. The minimum absolute atomic E-state index is 0.265. The number of amides is 4. The van der Waals surface area contributed by atoms with Gasteiger partial charge in [-0.25, -0.2) is 4.79 Å². The number of anilines is 4. The molecule has 14 heteroatoms. The van der Waals surface area contributed by atoms with E-state index in [1.165, 1.54) is 4.90 Å². The van der Waals surface area contributed by atoms with Gasteiger partial charge in [0.25, 0.3) is 5.91 Å². The number of nitrogens with two attached hydrogens (primary N) is 1. The van der Waals surface area contributed by atoms with E-state index in [1.807, 2.05) is 12.1 Å². The smallest absolute Gasteiger partial charge is 0.323 e. The first-order chi connectivity index (χ1) is 20.9. The molecule has 4 heterocycles. The molecule has 3 aliphatic rings. The molecule has 4 N–H and O–H groups in total. The number of aromatic nitrogens is 3. The van der Waals surface area contributed by atoms with Crippen LogP contribution in [0.1, 0.15) is 16.8 Å². The summed E-state index contributed by atoms with van der Waals surface area (Å²) in [6.07, 6.45) is 0.572. The van der Waals surface area contributed by atoms with E-state index in [1.54, 1.807) is 36.4 Å². The Labute approximate surface area is 248 Å². The number of carbonyl (C=O) groups is 3. The summed E-state index contributed by atoms with van der Waals surface area (Å²) in [5, 5.41) is 5.57. The number of urea groups is 1. The van der Waals surface area contributed by atoms with Gasteiger partial charge in [-0.15, -0.1) is 0 Å². The standard InChI is InChI=1S/C29H33N9O5/c30-24(39)23-9-10-38(23)26(40)20-3-7-22(8-4-20)32-29(41)31-21-5-1-19(2-6-21)25-33-27(36-11-15-42-16-12-36)35-28(34-25)37-13-17-43-18-14-37/h1-8,23H,9-18H2,(H2,30,39)(H2,31,32,41). The number of hydrogen-bond acceptors (Lipinski definition) is 10. The normalized spacial score (nSPS) is 18.5. The lowest BCUT2D eigenvalue weighted by molar-refractivity contribution is -0.125. The Kier molecular flexibility index (Phi) is 8.29. The number of ether oxygens (including phenoxy) is 2. The summed E-state index contributed by atoms with van der Waals surface area (Å²) in [4.78, 5) is 56.7. The van der Waals surface area contributed by atoms with Crippen molar-refractivity contribution in [3.63, 3.8) is 0 Å². The lowest BCUT2D eigenvalue weighted by Crippen LogP contribution is -2.57. The van der Waals surface area contributed by atoms with Crippen LogP contribution in [-0.2, 0) is 14.3 Å². The fourth-order valence-electron chi connectivity index (χ4n) is 5.08. The Morgan fingerprint density at radius 3 is 1.70 bits per heavy atom. The minimum atomic E-state index is -0.564. The highest BCUT2D eigenvalue weighted by Crippen LogP contribution is 2.25. The summed E-state index contributed by atoms with van der Waals surface area (Å²) in [6.45, 7) is 5.79. The summed E-state index contributed by atoms with van der Waals surface area (Å²) in [6, 6.07) is 12.7. The van der Waals surface area contributed by atoms with Crippen LogP contribution in [0.25, 0.3) is 11.4 Å². The van der Waals surface area contributed by atoms with Gasteiger partial charge in [0.05, 0.1) is 26.4 Å². The average Bonchev–Trinajstić information content (AvgIpc) is 3.01. The highest BCUT2D eigenvalue weighted by molar-refractivity contribution is 6.01. The molecule has 4 amide bonds. The van der Waals surface area contributed by atoms with E-state index >= 15 is 0 Å². The fourth-order valence-corrected chi connectivity index (χ4v) is 5.08. The molecule has 224 valence electrons. The van der Waals surface area contributed by atoms with E-state index in [2.05, 4.69) is 20.4 Å². The quantitative estimate of drug-likeness (QED) is 0.369. The molecule has 3 saturated heterocycles. The van der Waals surface area contributed by atoms with Crippen LogP contribution in [-0.4, -0.2) is 103 Å². The Hall–Kier alpha value is -4.82. The second kappa shape index (κ2) is 12.6. The lowest BCUT2D eigenvalue weighted by atomic mass is 10.0. The summed E-state index contributed by atoms with van der Waals surface area (Å²) in [7, 11) is 0. The molecule has 3 fully saturated rings. The van der Waals surface area contributed by atoms with Crippen LogP contribution in [0, 0.1) is 0 Å². The molecule has 1 atom stereocenters. The summed E-state index contributed by atoms with van der Waals surface area (Å²) < 4.78 is 11.0. The maximum Gasteiger partial charge on any atom is 0.323 e. The fraction of sp³-hybridized carbons (Fsp3) is 0.379. The predicted octanol–water partition coefficient (Wildman–Crippen LogP) is 1.56. The summed E-state index contributed by atoms with van der Waals surface area (Å²) in [5.74, 6) is 0.997. The van der Waals surface area contributed by atoms with Crippen molar-refractivity contribution in [2.45, 2.75) is 12.5 Å². The molecule has 1 unspecified atom stereocenters. The van der Waals surface area contributed by atoms with Crippen LogP contribution in [0.3, 0.4) is 0 Å². The molecule has 2 aromatic carbocycles. The van der Waals surface area contributed by atoms with E-state index < -0.39 is 18.0 Å². The van der Waals surface area contributed by atoms with Crippen LogP contribution < -0.4 is 26.2 Å². The second-order valence-electron chi connectivity index (χ2n) is 10.4. The van der Waals surface area contributed by atoms with Crippen molar-refractivity contribution in [2.75, 3.05) is 79.6 Å². The number of hydrogen-bond donors (Lipinski definition) is 3. The van der Waals surface area contributed by atoms with E-state index in [9.17, 15) is 14.4 Å². The van der Waals surface area contributed by atoms with Crippen molar-refractivity contribution in [2.24, 2.45) is 5.73 Å². The highest BCUT2D eigenvalue weighted by Gasteiger charge is 2.36. The van der Waals surface area contributed by atoms with Gasteiger partial charge in [-0.3, -0.25) is 9.59 Å². The number of nitrogens with one attached hydrogen (secondary N) is 2. The zero-order valence-electron chi connectivity index (χ0n) is 23.6. The maximum absolute atomic E-state index is 12.7. The Morgan fingerprint density at radius 1 is 0.721 bits per heavy atom. The third kappa shape index (κ3) is 6.49. The molecule has 0 radical (unpaired) electrons. The number of primary amides is 1. The number of benzene rings is 2. The molecular formula is C29H33N9O5. The van der Waals surface area contributed by atoms with Crippen LogP contribution in [0.15, 0.2) is 48.5 Å². The first-order valence-corrected chi connectivity index (χ1v) is 14.2. The number of carbonyl (C=O) groups excluding carboxylic acids is 3. The molecule has 14 nitrogen and oxygen atoms in total. The zero-order valence-corrected chi connectivity index (χ0v) is 23.6. The third-order valence-electron chi connectivity index (χ3n) is 7.60. The van der Waals surface area contributed by atoms with Gasteiger partial charge < -0.3 is 40.5 Å². The van der Waals surface area contributed by atoms with E-state index in [0.29, 0.717) is 100 Å². The van der Waals surface area contributed by atoms with Crippen LogP contribution in [0.4, 0.5) is 28.1 Å². The average molecular weight is 588 g/mol. The van der Waals surface area contributed by atoms with Crippen molar-refractivity contribution in [1.29, 1.82) is 0 Å². The number of rotatable bonds is 7. The van der Waals surface area contributed by atoms with Gasteiger partial charge >= 0.3 is 6.03 Å². The molecule has 43 heavy (non-hydrogen) atoms. The molecule has 0 saturated carbocycles. The van der Waals surface area contributed by atoms with Gasteiger partial charge in [-0.05, 0) is 55.0 Å². The predicted molar refractivity (Wildman–Crippen MR) is 159 cm³/mol. The third-order valence-corrected chi connectivity index (χ3v) is 7.60. The molecule has 0 spiro atoms. The molecule has 0 aliphatic carbocycles. The van der Waals surface area contributed by atoms with E-state index in [0.717, 1.165) is 5.56 Å². The van der Waals surface area contributed by atoms with Gasteiger partial charge in [0, 0.05) is 55.2 Å². The zero-order chi connectivity index (χ0) is 29.8. The summed E-state index contributed by atoms with van der Waals surface area (Å²) in [5.41, 5.74) is 7.65. The van der Waals surface area contributed by atoms with Crippen molar-refractivity contribution >= 4 is 41.1 Å². The first-order valence-electron chi connectivity index (χ1n) is 14.2. The number of nitrogens with zero attached hydrogens (tertiary/aromatic N) is 6. The van der Waals surface area contributed by atoms with Crippen LogP contribution in [0.5, 0.6) is 0 Å². The van der Waals surface area contributed by atoms with Gasteiger partial charge in [-0.1, -0.05) is 0 Å². The van der Waals surface area contributed by atoms with E-state index in [-0.39, 0.29) is 5.91 Å². The molecule has 3 aromatic rings. The molecule has 3 aliphatic heterocycles. The lowest BCUT2D eigenvalue weighted by Gasteiger charge is -2.38. The first kappa shape index (κ1) is 28.3. The molecule has 6 rings (SSSR count). The number of morpholine rings is 2. The SMILES string of the molecule is NC(=O)C1CCN1C(=O)c1ccc(NC(=O)Nc2ccc(-c3nc(N4CCOCC4)nc(N4CCOCC4)n3)cc2)cc1. The largest absolute Gasteiger partial charge is 0.378 e. The Morgan fingerprint density at radius 2 is 1.23 bits per heavy atom.